The number of nitrogens with zero attached hydrogens (tertiary/aromatic N) is 1. The van der Waals surface area contributed by atoms with Gasteiger partial charge in [-0.3, -0.25) is 9.69 Å². The molecule has 0 amide bonds. The molecule has 1 atom stereocenters. The summed E-state index contributed by atoms with van der Waals surface area (Å²) in [5, 5.41) is 3.95. The van der Waals surface area contributed by atoms with Crippen LogP contribution in [0.2, 0.25) is 5.02 Å². The van der Waals surface area contributed by atoms with E-state index in [2.05, 4.69) is 10.2 Å². The maximum Gasteiger partial charge on any atom is 0.179 e. The van der Waals surface area contributed by atoms with Gasteiger partial charge in [-0.1, -0.05) is 11.6 Å². The maximum atomic E-state index is 12.3. The number of benzene rings is 1. The van der Waals surface area contributed by atoms with Gasteiger partial charge in [-0.25, -0.2) is 0 Å². The molecule has 17 heavy (non-hydrogen) atoms. The van der Waals surface area contributed by atoms with Crippen LogP contribution in [0, 0.1) is 0 Å². The zero-order valence-corrected chi connectivity index (χ0v) is 10.7. The fraction of sp³-hybridized carbons (Fsp3) is 0.462. The summed E-state index contributed by atoms with van der Waals surface area (Å²) in [5.41, 5.74) is 0.737. The van der Waals surface area contributed by atoms with Crippen LogP contribution in [0.15, 0.2) is 24.3 Å². The Balaban J connectivity index is 2.05. The lowest BCUT2D eigenvalue weighted by Crippen LogP contribution is -2.50. The molecule has 1 aromatic carbocycles. The lowest BCUT2D eigenvalue weighted by molar-refractivity contribution is 0.0820. The molecule has 0 bridgehead atoms. The number of ketones is 1. The van der Waals surface area contributed by atoms with E-state index in [9.17, 15) is 4.79 Å². The van der Waals surface area contributed by atoms with Gasteiger partial charge in [0.25, 0.3) is 0 Å². The van der Waals surface area contributed by atoms with Crippen LogP contribution >= 0.6 is 11.6 Å². The SMILES string of the molecule is CC(C(=O)c1ccc(Cl)cc1)N1CCNCC1. The molecule has 1 aromatic rings. The minimum Gasteiger partial charge on any atom is -0.314 e. The third kappa shape index (κ3) is 3.06. The summed E-state index contributed by atoms with van der Waals surface area (Å²) in [4.78, 5) is 14.5. The zero-order chi connectivity index (χ0) is 12.3. The first kappa shape index (κ1) is 12.6. The average molecular weight is 253 g/mol. The van der Waals surface area contributed by atoms with Crippen LogP contribution < -0.4 is 5.32 Å². The Morgan fingerprint density at radius 3 is 2.47 bits per heavy atom. The summed E-state index contributed by atoms with van der Waals surface area (Å²) in [7, 11) is 0. The molecule has 0 aromatic heterocycles. The topological polar surface area (TPSA) is 32.3 Å². The van der Waals surface area contributed by atoms with Crippen LogP contribution in [-0.4, -0.2) is 42.9 Å². The molecule has 1 aliphatic heterocycles. The van der Waals surface area contributed by atoms with E-state index in [-0.39, 0.29) is 11.8 Å². The lowest BCUT2D eigenvalue weighted by atomic mass is 10.0. The summed E-state index contributed by atoms with van der Waals surface area (Å²) in [6, 6.07) is 7.06. The second-order valence-corrected chi connectivity index (χ2v) is 4.77. The molecule has 3 nitrogen and oxygen atoms in total. The highest BCUT2D eigenvalue weighted by atomic mass is 35.5. The smallest absolute Gasteiger partial charge is 0.179 e. The predicted octanol–water partition coefficient (Wildman–Crippen LogP) is 1.82. The van der Waals surface area contributed by atoms with Crippen LogP contribution in [-0.2, 0) is 0 Å². The van der Waals surface area contributed by atoms with Crippen molar-refractivity contribution in [2.24, 2.45) is 0 Å². The first-order chi connectivity index (χ1) is 8.18. The molecule has 4 heteroatoms. The van der Waals surface area contributed by atoms with Gasteiger partial charge in [-0.2, -0.15) is 0 Å². The van der Waals surface area contributed by atoms with Gasteiger partial charge in [-0.15, -0.1) is 0 Å². The van der Waals surface area contributed by atoms with Gasteiger partial charge in [0, 0.05) is 36.8 Å². The fourth-order valence-corrected chi connectivity index (χ4v) is 2.22. The molecule has 0 saturated carbocycles. The van der Waals surface area contributed by atoms with Gasteiger partial charge < -0.3 is 5.32 Å². The van der Waals surface area contributed by atoms with Gasteiger partial charge in [0.05, 0.1) is 6.04 Å². The van der Waals surface area contributed by atoms with Crippen molar-refractivity contribution in [1.82, 2.24) is 10.2 Å². The van der Waals surface area contributed by atoms with Crippen molar-refractivity contribution in [3.05, 3.63) is 34.9 Å². The average Bonchev–Trinajstić information content (AvgIpc) is 2.39. The van der Waals surface area contributed by atoms with Crippen LogP contribution in [0.25, 0.3) is 0 Å². The Labute approximate surface area is 107 Å². The summed E-state index contributed by atoms with van der Waals surface area (Å²) in [6.45, 7) is 5.75. The number of piperazine rings is 1. The first-order valence-electron chi connectivity index (χ1n) is 5.93. The highest BCUT2D eigenvalue weighted by Gasteiger charge is 2.23. The first-order valence-corrected chi connectivity index (χ1v) is 6.31. The van der Waals surface area contributed by atoms with Crippen LogP contribution in [0.1, 0.15) is 17.3 Å². The second kappa shape index (κ2) is 5.63. The molecule has 0 spiro atoms. The summed E-state index contributed by atoms with van der Waals surface area (Å²) >= 11 is 5.81. The minimum absolute atomic E-state index is 0.0572. The molecule has 0 radical (unpaired) electrons. The molecule has 1 saturated heterocycles. The van der Waals surface area contributed by atoms with Gasteiger partial charge in [-0.05, 0) is 31.2 Å². The van der Waals surface area contributed by atoms with Gasteiger partial charge in [0.1, 0.15) is 0 Å². The number of rotatable bonds is 3. The van der Waals surface area contributed by atoms with Crippen LogP contribution in [0.3, 0.4) is 0 Å². The Bertz CT molecular complexity index is 385. The van der Waals surface area contributed by atoms with Gasteiger partial charge in [0.2, 0.25) is 0 Å². The Kier molecular flexibility index (Phi) is 4.15. The molecule has 1 N–H and O–H groups in total. The second-order valence-electron chi connectivity index (χ2n) is 4.33. The Hall–Kier alpha value is -0.900. The van der Waals surface area contributed by atoms with E-state index in [1.54, 1.807) is 24.3 Å². The summed E-state index contributed by atoms with van der Waals surface area (Å²) in [6.07, 6.45) is 0. The Morgan fingerprint density at radius 1 is 1.29 bits per heavy atom. The normalized spacial score (nSPS) is 18.9. The van der Waals surface area contributed by atoms with Crippen molar-refractivity contribution in [1.29, 1.82) is 0 Å². The number of carbonyl (C=O) groups is 1. The molecule has 92 valence electrons. The number of carbonyl (C=O) groups excluding carboxylic acids is 1. The number of Topliss-reactive ketones (excluding diaryl/α,β-unsaturated/α-hetero) is 1. The van der Waals surface area contributed by atoms with E-state index in [0.717, 1.165) is 31.7 Å². The van der Waals surface area contributed by atoms with Crippen molar-refractivity contribution < 1.29 is 4.79 Å². The Morgan fingerprint density at radius 2 is 1.88 bits per heavy atom. The van der Waals surface area contributed by atoms with Crippen LogP contribution in [0.4, 0.5) is 0 Å². The number of nitrogens with one attached hydrogen (secondary N) is 1. The fourth-order valence-electron chi connectivity index (χ4n) is 2.09. The number of hydrogen-bond donors (Lipinski definition) is 1. The number of hydrogen-bond acceptors (Lipinski definition) is 3. The predicted molar refractivity (Wildman–Crippen MR) is 69.7 cm³/mol. The van der Waals surface area contributed by atoms with E-state index >= 15 is 0 Å². The van der Waals surface area contributed by atoms with Crippen molar-refractivity contribution in [2.75, 3.05) is 26.2 Å². The quantitative estimate of drug-likeness (QED) is 0.833. The largest absolute Gasteiger partial charge is 0.314 e. The molecular formula is C13H17ClN2O. The third-order valence-electron chi connectivity index (χ3n) is 3.21. The van der Waals surface area contributed by atoms with Gasteiger partial charge >= 0.3 is 0 Å². The maximum absolute atomic E-state index is 12.3. The zero-order valence-electron chi connectivity index (χ0n) is 9.95. The summed E-state index contributed by atoms with van der Waals surface area (Å²) < 4.78 is 0. The van der Waals surface area contributed by atoms with E-state index < -0.39 is 0 Å². The molecular weight excluding hydrogens is 236 g/mol. The lowest BCUT2D eigenvalue weighted by Gasteiger charge is -2.31. The molecule has 1 aliphatic rings. The van der Waals surface area contributed by atoms with E-state index in [4.69, 9.17) is 11.6 Å². The standard InChI is InChI=1S/C13H17ClN2O/c1-10(16-8-6-15-7-9-16)13(17)11-2-4-12(14)5-3-11/h2-5,10,15H,6-9H2,1H3. The molecule has 1 unspecified atom stereocenters. The summed E-state index contributed by atoms with van der Waals surface area (Å²) in [5.74, 6) is 0.170. The molecule has 2 rings (SSSR count). The van der Waals surface area contributed by atoms with E-state index in [1.165, 1.54) is 0 Å². The van der Waals surface area contributed by atoms with E-state index in [1.807, 2.05) is 6.92 Å². The van der Waals surface area contributed by atoms with Crippen molar-refractivity contribution in [3.8, 4) is 0 Å². The molecule has 1 heterocycles. The van der Waals surface area contributed by atoms with Crippen molar-refractivity contribution in [2.45, 2.75) is 13.0 Å². The molecule has 0 aliphatic carbocycles. The highest BCUT2D eigenvalue weighted by molar-refractivity contribution is 6.30. The number of halogens is 1. The third-order valence-corrected chi connectivity index (χ3v) is 3.46. The minimum atomic E-state index is -0.0572. The van der Waals surface area contributed by atoms with Gasteiger partial charge in [0.15, 0.2) is 5.78 Å². The molecule has 1 fully saturated rings. The van der Waals surface area contributed by atoms with E-state index in [0.29, 0.717) is 5.02 Å². The van der Waals surface area contributed by atoms with Crippen LogP contribution in [0.5, 0.6) is 0 Å². The van der Waals surface area contributed by atoms with Crippen molar-refractivity contribution in [3.63, 3.8) is 0 Å². The monoisotopic (exact) mass is 252 g/mol. The highest BCUT2D eigenvalue weighted by Crippen LogP contribution is 2.13. The van der Waals surface area contributed by atoms with Crippen molar-refractivity contribution >= 4 is 17.4 Å².